The fourth-order valence-electron chi connectivity index (χ4n) is 1.55. The van der Waals surface area contributed by atoms with Gasteiger partial charge in [0.15, 0.2) is 5.78 Å². The lowest BCUT2D eigenvalue weighted by molar-refractivity contribution is 0.0747. The predicted octanol–water partition coefficient (Wildman–Crippen LogP) is 1.57. The molecule has 0 aromatic heterocycles. The number of hydrogen-bond donors (Lipinski definition) is 3. The van der Waals surface area contributed by atoms with Gasteiger partial charge in [0.2, 0.25) is 0 Å². The minimum absolute atomic E-state index is 0.125. The van der Waals surface area contributed by atoms with Gasteiger partial charge in [0.05, 0.1) is 13.2 Å². The first-order valence-electron chi connectivity index (χ1n) is 6.24. The summed E-state index contributed by atoms with van der Waals surface area (Å²) in [6.45, 7) is -0.250. The zero-order chi connectivity index (χ0) is 14.8. The smallest absolute Gasteiger partial charge is 0.195 e. The Labute approximate surface area is 117 Å². The molecule has 0 heterocycles. The summed E-state index contributed by atoms with van der Waals surface area (Å²) in [4.78, 5) is 11.9. The minimum Gasteiger partial charge on any atom is -0.394 e. The number of rotatable bonds is 4. The van der Waals surface area contributed by atoms with E-state index in [4.69, 9.17) is 10.2 Å². The van der Waals surface area contributed by atoms with Crippen LogP contribution in [0.15, 0.2) is 60.7 Å². The van der Waals surface area contributed by atoms with E-state index in [-0.39, 0.29) is 19.0 Å². The Morgan fingerprint density at radius 2 is 1.30 bits per heavy atom. The van der Waals surface area contributed by atoms with E-state index < -0.39 is 6.10 Å². The average molecular weight is 274 g/mol. The van der Waals surface area contributed by atoms with E-state index >= 15 is 0 Å². The molecule has 0 aliphatic carbocycles. The van der Waals surface area contributed by atoms with Crippen molar-refractivity contribution in [1.82, 2.24) is 0 Å². The molecule has 2 aromatic rings. The second-order valence-electron chi connectivity index (χ2n) is 3.99. The zero-order valence-corrected chi connectivity index (χ0v) is 11.0. The molecule has 0 aliphatic heterocycles. The van der Waals surface area contributed by atoms with Crippen LogP contribution in [0, 0.1) is 0 Å². The van der Waals surface area contributed by atoms with E-state index in [1.165, 1.54) is 0 Å². The van der Waals surface area contributed by atoms with E-state index in [1.807, 2.05) is 12.1 Å². The summed E-state index contributed by atoms with van der Waals surface area (Å²) in [6.07, 6.45) is -1.08. The fourth-order valence-corrected chi connectivity index (χ4v) is 1.55. The maximum absolute atomic E-state index is 11.9. The third-order valence-corrected chi connectivity index (χ3v) is 2.52. The summed E-state index contributed by atoms with van der Waals surface area (Å²) < 4.78 is 0. The van der Waals surface area contributed by atoms with Gasteiger partial charge < -0.3 is 15.3 Å². The molecule has 0 amide bonds. The topological polar surface area (TPSA) is 77.8 Å². The summed E-state index contributed by atoms with van der Waals surface area (Å²) in [5, 5.41) is 25.1. The van der Waals surface area contributed by atoms with Crippen molar-refractivity contribution in [1.29, 1.82) is 0 Å². The zero-order valence-electron chi connectivity index (χ0n) is 11.0. The summed E-state index contributed by atoms with van der Waals surface area (Å²) >= 11 is 0. The van der Waals surface area contributed by atoms with Gasteiger partial charge >= 0.3 is 0 Å². The third-order valence-electron chi connectivity index (χ3n) is 2.52. The van der Waals surface area contributed by atoms with E-state index in [9.17, 15) is 9.90 Å². The second kappa shape index (κ2) is 8.98. The highest BCUT2D eigenvalue weighted by Crippen LogP contribution is 2.17. The van der Waals surface area contributed by atoms with Crippen LogP contribution in [0.4, 0.5) is 0 Å². The van der Waals surface area contributed by atoms with Crippen LogP contribution in [0.3, 0.4) is 0 Å². The van der Waals surface area contributed by atoms with Gasteiger partial charge in [-0.1, -0.05) is 60.7 Å². The molecule has 106 valence electrons. The number of carbonyl (C=O) groups is 1. The van der Waals surface area contributed by atoms with Gasteiger partial charge in [-0.25, -0.2) is 0 Å². The van der Waals surface area contributed by atoms with Crippen molar-refractivity contribution in [3.8, 4) is 0 Å². The van der Waals surface area contributed by atoms with Gasteiger partial charge in [-0.3, -0.25) is 4.79 Å². The largest absolute Gasteiger partial charge is 0.394 e. The lowest BCUT2D eigenvalue weighted by Gasteiger charge is -2.09. The highest BCUT2D eigenvalue weighted by molar-refractivity contribution is 5.99. The summed E-state index contributed by atoms with van der Waals surface area (Å²) in [7, 11) is 0. The molecule has 2 aromatic carbocycles. The van der Waals surface area contributed by atoms with E-state index in [0.717, 1.165) is 0 Å². The number of aliphatic hydroxyl groups excluding tert-OH is 3. The first-order chi connectivity index (χ1) is 9.70. The van der Waals surface area contributed by atoms with E-state index in [2.05, 4.69) is 0 Å². The number of carbonyl (C=O) groups excluding carboxylic acids is 1. The summed E-state index contributed by atoms with van der Waals surface area (Å²) in [5.74, 6) is -0.271. The first-order valence-corrected chi connectivity index (χ1v) is 6.24. The molecule has 0 radical (unpaired) electrons. The summed E-state index contributed by atoms with van der Waals surface area (Å²) in [6, 6.07) is 17.7. The SMILES string of the molecule is O=C(c1ccccc1)C(O)c1ccccc1.OCCO. The minimum atomic E-state index is -1.08. The van der Waals surface area contributed by atoms with Crippen molar-refractivity contribution < 1.29 is 20.1 Å². The third kappa shape index (κ3) is 4.93. The monoisotopic (exact) mass is 274 g/mol. The Hall–Kier alpha value is -2.01. The summed E-state index contributed by atoms with van der Waals surface area (Å²) in [5.41, 5.74) is 1.15. The molecule has 1 atom stereocenters. The Balaban J connectivity index is 0.000000444. The molecule has 2 rings (SSSR count). The van der Waals surface area contributed by atoms with E-state index in [0.29, 0.717) is 11.1 Å². The van der Waals surface area contributed by atoms with Crippen molar-refractivity contribution in [3.05, 3.63) is 71.8 Å². The van der Waals surface area contributed by atoms with E-state index in [1.54, 1.807) is 48.5 Å². The predicted molar refractivity (Wildman–Crippen MR) is 76.3 cm³/mol. The molecule has 4 nitrogen and oxygen atoms in total. The molecule has 0 saturated carbocycles. The molecule has 1 unspecified atom stereocenters. The standard InChI is InChI=1S/C14H12O2.C2H6O2/c15-13(11-7-3-1-4-8-11)14(16)12-9-5-2-6-10-12;3-1-2-4/h1-10,13,15H;3-4H,1-2H2. The van der Waals surface area contributed by atoms with Crippen LogP contribution in [0.5, 0.6) is 0 Å². The fraction of sp³-hybridized carbons (Fsp3) is 0.188. The molecule has 0 spiro atoms. The van der Waals surface area contributed by atoms with Crippen molar-refractivity contribution in [2.24, 2.45) is 0 Å². The molecule has 0 fully saturated rings. The molecular weight excluding hydrogens is 256 g/mol. The number of ketones is 1. The second-order valence-corrected chi connectivity index (χ2v) is 3.99. The molecule has 0 bridgehead atoms. The van der Waals surface area contributed by atoms with Crippen LogP contribution in [-0.2, 0) is 0 Å². The number of hydrogen-bond acceptors (Lipinski definition) is 4. The molecule has 0 saturated heterocycles. The average Bonchev–Trinajstić information content (AvgIpc) is 2.55. The van der Waals surface area contributed by atoms with Crippen LogP contribution in [-0.4, -0.2) is 34.3 Å². The highest BCUT2D eigenvalue weighted by atomic mass is 16.3. The van der Waals surface area contributed by atoms with Crippen LogP contribution < -0.4 is 0 Å². The van der Waals surface area contributed by atoms with Gasteiger partial charge in [0.1, 0.15) is 6.10 Å². The van der Waals surface area contributed by atoms with Gasteiger partial charge in [-0.05, 0) is 5.56 Å². The molecule has 3 N–H and O–H groups in total. The van der Waals surface area contributed by atoms with Crippen molar-refractivity contribution in [2.45, 2.75) is 6.10 Å². The van der Waals surface area contributed by atoms with Gasteiger partial charge in [0, 0.05) is 5.56 Å². The molecule has 0 aliphatic rings. The number of aliphatic hydroxyl groups is 3. The van der Waals surface area contributed by atoms with Crippen molar-refractivity contribution in [2.75, 3.05) is 13.2 Å². The van der Waals surface area contributed by atoms with Crippen LogP contribution in [0.25, 0.3) is 0 Å². The molecular formula is C16H18O4. The Morgan fingerprint density at radius 3 is 1.75 bits per heavy atom. The van der Waals surface area contributed by atoms with Crippen LogP contribution in [0.1, 0.15) is 22.0 Å². The van der Waals surface area contributed by atoms with Crippen LogP contribution >= 0.6 is 0 Å². The maximum atomic E-state index is 11.9. The molecule has 4 heteroatoms. The van der Waals surface area contributed by atoms with Gasteiger partial charge in [0.25, 0.3) is 0 Å². The van der Waals surface area contributed by atoms with Crippen LogP contribution in [0.2, 0.25) is 0 Å². The van der Waals surface area contributed by atoms with Crippen molar-refractivity contribution in [3.63, 3.8) is 0 Å². The Morgan fingerprint density at radius 1 is 0.850 bits per heavy atom. The highest BCUT2D eigenvalue weighted by Gasteiger charge is 2.18. The lowest BCUT2D eigenvalue weighted by Crippen LogP contribution is -2.11. The lowest BCUT2D eigenvalue weighted by atomic mass is 10.0. The van der Waals surface area contributed by atoms with Crippen molar-refractivity contribution >= 4 is 5.78 Å². The quantitative estimate of drug-likeness (QED) is 0.740. The molecule has 20 heavy (non-hydrogen) atoms. The van der Waals surface area contributed by atoms with Gasteiger partial charge in [-0.15, -0.1) is 0 Å². The number of benzene rings is 2. The first kappa shape index (κ1) is 16.0. The maximum Gasteiger partial charge on any atom is 0.195 e. The normalized spacial score (nSPS) is 11.2. The number of Topliss-reactive ketones (excluding diaryl/α,β-unsaturated/α-hetero) is 1. The van der Waals surface area contributed by atoms with Gasteiger partial charge in [-0.2, -0.15) is 0 Å². The Bertz CT molecular complexity index is 494. The Kier molecular flexibility index (Phi) is 7.21.